The van der Waals surface area contributed by atoms with E-state index in [1.54, 1.807) is 6.08 Å². The number of allylic oxidation sites excluding steroid dienone is 7. The van der Waals surface area contributed by atoms with Gasteiger partial charge >= 0.3 is 5.97 Å². The van der Waals surface area contributed by atoms with E-state index in [4.69, 9.17) is 4.74 Å². The van der Waals surface area contributed by atoms with Gasteiger partial charge in [0.1, 0.15) is 0 Å². The van der Waals surface area contributed by atoms with Gasteiger partial charge in [-0.2, -0.15) is 0 Å². The number of unbranched alkanes of at least 4 members (excludes halogenated alkanes) is 38. The van der Waals surface area contributed by atoms with Gasteiger partial charge in [0.05, 0.1) is 25.4 Å². The largest absolute Gasteiger partial charge is 0.466 e. The van der Waals surface area contributed by atoms with Gasteiger partial charge in [0.2, 0.25) is 5.91 Å². The summed E-state index contributed by atoms with van der Waals surface area (Å²) < 4.78 is 5.47. The first-order valence-corrected chi connectivity index (χ1v) is 29.9. The highest BCUT2D eigenvalue weighted by molar-refractivity contribution is 5.76. The fourth-order valence-corrected chi connectivity index (χ4v) is 8.95. The zero-order valence-electron chi connectivity index (χ0n) is 45.3. The quantitative estimate of drug-likeness (QED) is 0.0321. The molecule has 2 atom stereocenters. The van der Waals surface area contributed by atoms with E-state index < -0.39 is 12.1 Å². The highest BCUT2D eigenvalue weighted by Gasteiger charge is 2.18. The lowest BCUT2D eigenvalue weighted by Gasteiger charge is -2.20. The van der Waals surface area contributed by atoms with Gasteiger partial charge in [-0.1, -0.05) is 255 Å². The van der Waals surface area contributed by atoms with Crippen molar-refractivity contribution in [2.45, 2.75) is 321 Å². The number of rotatable bonds is 55. The predicted octanol–water partition coefficient (Wildman–Crippen LogP) is 18.6. The molecule has 0 aromatic rings. The van der Waals surface area contributed by atoms with Crippen molar-refractivity contribution in [1.29, 1.82) is 0 Å². The van der Waals surface area contributed by atoms with Gasteiger partial charge in [0.25, 0.3) is 0 Å². The van der Waals surface area contributed by atoms with E-state index in [9.17, 15) is 19.8 Å². The summed E-state index contributed by atoms with van der Waals surface area (Å²) in [7, 11) is 0. The third-order valence-corrected chi connectivity index (χ3v) is 13.6. The topological polar surface area (TPSA) is 95.9 Å². The van der Waals surface area contributed by atoms with Crippen molar-refractivity contribution < 1.29 is 24.5 Å². The van der Waals surface area contributed by atoms with Crippen molar-refractivity contribution in [3.63, 3.8) is 0 Å². The lowest BCUT2D eigenvalue weighted by Crippen LogP contribution is -2.45. The SMILES string of the molecule is CCCCC/C=C\C/C=C\CCCCCCCC(=O)OCCCCCCCCCCCC/C=C\CCCCCCCCCC(=O)NC(CO)C(O)/C=C/CCCCCCCCCCCCCCC. The van der Waals surface area contributed by atoms with E-state index in [2.05, 4.69) is 55.6 Å². The molecule has 0 aliphatic carbocycles. The van der Waals surface area contributed by atoms with Crippen molar-refractivity contribution in [3.05, 3.63) is 48.6 Å². The Kier molecular flexibility index (Phi) is 55.6. The monoisotopic (exact) mass is 954 g/mol. The second-order valence-electron chi connectivity index (χ2n) is 20.3. The summed E-state index contributed by atoms with van der Waals surface area (Å²) in [6.07, 6.45) is 72.8. The van der Waals surface area contributed by atoms with Gasteiger partial charge in [0, 0.05) is 12.8 Å². The molecule has 398 valence electrons. The Balaban J connectivity index is 3.46. The molecule has 0 heterocycles. The van der Waals surface area contributed by atoms with Gasteiger partial charge in [-0.3, -0.25) is 9.59 Å². The minimum absolute atomic E-state index is 0.00687. The molecule has 0 aromatic heterocycles. The number of ether oxygens (including phenoxy) is 1. The summed E-state index contributed by atoms with van der Waals surface area (Å²) in [4.78, 5) is 24.5. The van der Waals surface area contributed by atoms with Crippen molar-refractivity contribution in [1.82, 2.24) is 5.32 Å². The maximum atomic E-state index is 12.5. The van der Waals surface area contributed by atoms with Crippen molar-refractivity contribution in [2.75, 3.05) is 13.2 Å². The number of esters is 1. The van der Waals surface area contributed by atoms with E-state index >= 15 is 0 Å². The minimum atomic E-state index is -0.850. The van der Waals surface area contributed by atoms with Gasteiger partial charge in [-0.25, -0.2) is 0 Å². The van der Waals surface area contributed by atoms with Crippen LogP contribution < -0.4 is 5.32 Å². The molecule has 0 saturated carbocycles. The Morgan fingerprint density at radius 1 is 0.412 bits per heavy atom. The number of aliphatic hydroxyl groups is 2. The van der Waals surface area contributed by atoms with Crippen LogP contribution in [0.5, 0.6) is 0 Å². The summed E-state index contributed by atoms with van der Waals surface area (Å²) in [6, 6.07) is -0.634. The normalized spacial score (nSPS) is 12.9. The smallest absolute Gasteiger partial charge is 0.305 e. The average molecular weight is 955 g/mol. The first kappa shape index (κ1) is 65.8. The van der Waals surface area contributed by atoms with Gasteiger partial charge in [-0.05, 0) is 89.9 Å². The molecule has 6 nitrogen and oxygen atoms in total. The van der Waals surface area contributed by atoms with Crippen LogP contribution in [0.2, 0.25) is 0 Å². The van der Waals surface area contributed by atoms with Crippen LogP contribution in [-0.4, -0.2) is 47.4 Å². The number of hydrogen-bond acceptors (Lipinski definition) is 5. The number of nitrogens with one attached hydrogen (secondary N) is 1. The first-order chi connectivity index (χ1) is 33.5. The second-order valence-corrected chi connectivity index (χ2v) is 20.3. The van der Waals surface area contributed by atoms with Gasteiger partial charge < -0.3 is 20.3 Å². The van der Waals surface area contributed by atoms with Crippen LogP contribution >= 0.6 is 0 Å². The Morgan fingerprint density at radius 3 is 1.16 bits per heavy atom. The summed E-state index contributed by atoms with van der Waals surface area (Å²) in [5.74, 6) is -0.0827. The second kappa shape index (κ2) is 57.4. The zero-order valence-corrected chi connectivity index (χ0v) is 45.3. The van der Waals surface area contributed by atoms with Gasteiger partial charge in [0.15, 0.2) is 0 Å². The van der Waals surface area contributed by atoms with E-state index in [0.29, 0.717) is 19.4 Å². The van der Waals surface area contributed by atoms with Crippen molar-refractivity contribution in [3.8, 4) is 0 Å². The lowest BCUT2D eigenvalue weighted by atomic mass is 10.0. The molecule has 0 rings (SSSR count). The number of carbonyl (C=O) groups is 2. The Labute approximate surface area is 423 Å². The van der Waals surface area contributed by atoms with E-state index in [0.717, 1.165) is 57.8 Å². The van der Waals surface area contributed by atoms with Crippen LogP contribution in [0.25, 0.3) is 0 Å². The standard InChI is InChI=1S/C62H115NO5/c1-3-5-7-9-11-13-15-17-26-30-34-38-42-46-50-54-60(65)59(58-64)63-61(66)55-51-47-43-39-35-31-28-24-22-20-19-21-23-25-29-33-37-41-45-49-53-57-68-62(67)56-52-48-44-40-36-32-27-18-16-14-12-10-8-6-4-2/h12,14,18,20,22,27,50,54,59-60,64-65H,3-11,13,15-17,19,21,23-26,28-49,51-53,55-58H2,1-2H3,(H,63,66)/b14-12-,22-20-,27-18-,54-50+. The maximum absolute atomic E-state index is 12.5. The summed E-state index contributed by atoms with van der Waals surface area (Å²) >= 11 is 0. The molecule has 0 spiro atoms. The summed E-state index contributed by atoms with van der Waals surface area (Å²) in [5.41, 5.74) is 0. The van der Waals surface area contributed by atoms with Crippen LogP contribution in [0.1, 0.15) is 309 Å². The highest BCUT2D eigenvalue weighted by Crippen LogP contribution is 2.16. The molecule has 2 unspecified atom stereocenters. The Morgan fingerprint density at radius 2 is 0.735 bits per heavy atom. The van der Waals surface area contributed by atoms with E-state index in [1.165, 1.54) is 225 Å². The predicted molar refractivity (Wildman–Crippen MR) is 296 cm³/mol. The van der Waals surface area contributed by atoms with E-state index in [-0.39, 0.29) is 18.5 Å². The molecule has 0 aliphatic heterocycles. The number of aliphatic hydroxyl groups excluding tert-OH is 2. The molecule has 6 heteroatoms. The van der Waals surface area contributed by atoms with Crippen LogP contribution in [-0.2, 0) is 14.3 Å². The average Bonchev–Trinajstić information content (AvgIpc) is 3.34. The number of amides is 1. The van der Waals surface area contributed by atoms with Crippen LogP contribution in [0.3, 0.4) is 0 Å². The van der Waals surface area contributed by atoms with Crippen LogP contribution in [0, 0.1) is 0 Å². The Bertz CT molecular complexity index is 1150. The molecule has 0 aromatic carbocycles. The van der Waals surface area contributed by atoms with Crippen LogP contribution in [0.4, 0.5) is 0 Å². The maximum Gasteiger partial charge on any atom is 0.305 e. The number of hydrogen-bond donors (Lipinski definition) is 3. The third-order valence-electron chi connectivity index (χ3n) is 13.6. The molecule has 68 heavy (non-hydrogen) atoms. The molecule has 0 bridgehead atoms. The molecule has 0 saturated heterocycles. The minimum Gasteiger partial charge on any atom is -0.466 e. The molecule has 0 radical (unpaired) electrons. The molecule has 1 amide bonds. The number of carbonyl (C=O) groups excluding carboxylic acids is 2. The van der Waals surface area contributed by atoms with Crippen molar-refractivity contribution >= 4 is 11.9 Å². The first-order valence-electron chi connectivity index (χ1n) is 29.9. The molecular weight excluding hydrogens is 839 g/mol. The zero-order chi connectivity index (χ0) is 49.3. The highest BCUT2D eigenvalue weighted by atomic mass is 16.5. The van der Waals surface area contributed by atoms with Crippen LogP contribution in [0.15, 0.2) is 48.6 Å². The van der Waals surface area contributed by atoms with Crippen molar-refractivity contribution in [2.24, 2.45) is 0 Å². The lowest BCUT2D eigenvalue weighted by molar-refractivity contribution is -0.143. The molecule has 0 aliphatic rings. The van der Waals surface area contributed by atoms with E-state index in [1.807, 2.05) is 6.08 Å². The molecule has 0 fully saturated rings. The Hall–Kier alpha value is -2.18. The fourth-order valence-electron chi connectivity index (χ4n) is 8.95. The van der Waals surface area contributed by atoms with Gasteiger partial charge in [-0.15, -0.1) is 0 Å². The fraction of sp³-hybridized carbons (Fsp3) is 0.839. The summed E-state index contributed by atoms with van der Waals surface area (Å²) in [5, 5.41) is 23.1. The summed E-state index contributed by atoms with van der Waals surface area (Å²) in [6.45, 7) is 4.87. The molecule has 3 N–H and O–H groups in total. The third kappa shape index (κ3) is 53.2. The molecular formula is C62H115NO5.